The van der Waals surface area contributed by atoms with Crippen molar-refractivity contribution in [3.05, 3.63) is 106 Å². The van der Waals surface area contributed by atoms with Crippen molar-refractivity contribution in [2.24, 2.45) is 0 Å². The van der Waals surface area contributed by atoms with Gasteiger partial charge in [0.1, 0.15) is 17.4 Å². The molecule has 0 aliphatic heterocycles. The molecule has 0 radical (unpaired) electrons. The van der Waals surface area contributed by atoms with Crippen molar-refractivity contribution in [1.29, 1.82) is 5.26 Å². The molecule has 1 heterocycles. The second-order valence-electron chi connectivity index (χ2n) is 7.04. The van der Waals surface area contributed by atoms with Gasteiger partial charge in [0.15, 0.2) is 0 Å². The third kappa shape index (κ3) is 4.27. The van der Waals surface area contributed by atoms with Crippen molar-refractivity contribution >= 4 is 11.6 Å². The van der Waals surface area contributed by atoms with Crippen LogP contribution in [0.5, 0.6) is 5.75 Å². The van der Waals surface area contributed by atoms with Crippen LogP contribution < -0.4 is 15.6 Å². The highest BCUT2D eigenvalue weighted by Crippen LogP contribution is 2.29. The number of hydrogen-bond acceptors (Lipinski definition) is 4. The number of methoxy groups -OCH3 is 1. The van der Waals surface area contributed by atoms with Crippen LogP contribution in [0.4, 0.5) is 5.69 Å². The molecule has 0 atom stereocenters. The Morgan fingerprint density at radius 3 is 2.38 bits per heavy atom. The maximum Gasteiger partial charge on any atom is 0.266 e. The Morgan fingerprint density at radius 1 is 0.938 bits per heavy atom. The van der Waals surface area contributed by atoms with E-state index in [1.807, 2.05) is 18.2 Å². The van der Waals surface area contributed by atoms with Gasteiger partial charge in [-0.3, -0.25) is 9.59 Å². The van der Waals surface area contributed by atoms with Gasteiger partial charge in [-0.2, -0.15) is 5.26 Å². The van der Waals surface area contributed by atoms with E-state index in [0.29, 0.717) is 33.8 Å². The second kappa shape index (κ2) is 9.02. The van der Waals surface area contributed by atoms with Gasteiger partial charge in [-0.15, -0.1) is 0 Å². The number of anilines is 1. The lowest BCUT2D eigenvalue weighted by molar-refractivity contribution is 0.102. The van der Waals surface area contributed by atoms with Gasteiger partial charge in [0, 0.05) is 22.5 Å². The van der Waals surface area contributed by atoms with Crippen molar-refractivity contribution in [2.45, 2.75) is 0 Å². The van der Waals surface area contributed by atoms with E-state index in [0.717, 1.165) is 5.56 Å². The van der Waals surface area contributed by atoms with Crippen LogP contribution in [0.1, 0.15) is 15.9 Å². The van der Waals surface area contributed by atoms with E-state index in [-0.39, 0.29) is 11.5 Å². The van der Waals surface area contributed by atoms with Gasteiger partial charge in [-0.05, 0) is 53.6 Å². The minimum atomic E-state index is -0.468. The molecule has 4 aromatic rings. The molecule has 0 bridgehead atoms. The zero-order chi connectivity index (χ0) is 22.5. The molecule has 0 saturated heterocycles. The number of nitriles is 1. The topological polar surface area (TPSA) is 95.0 Å². The number of rotatable bonds is 5. The van der Waals surface area contributed by atoms with Gasteiger partial charge in [0.25, 0.3) is 11.5 Å². The van der Waals surface area contributed by atoms with Crippen LogP contribution in [0.3, 0.4) is 0 Å². The number of benzene rings is 3. The van der Waals surface area contributed by atoms with Crippen molar-refractivity contribution in [3.63, 3.8) is 0 Å². The zero-order valence-corrected chi connectivity index (χ0v) is 17.3. The lowest BCUT2D eigenvalue weighted by Gasteiger charge is -2.10. The Kier molecular flexibility index (Phi) is 5.82. The number of amides is 1. The van der Waals surface area contributed by atoms with Gasteiger partial charge in [0.05, 0.1) is 7.11 Å². The molecular formula is C26H19N3O3. The third-order valence-corrected chi connectivity index (χ3v) is 5.02. The monoisotopic (exact) mass is 421 g/mol. The maximum absolute atomic E-state index is 12.6. The standard InChI is InChI=1S/C26H19N3O3/c1-32-21-9-5-8-19(14-21)22-15-24(29-26(31)23(22)16-27)17-10-12-20(13-11-17)28-25(30)18-6-3-2-4-7-18/h2-15H,1H3,(H,28,30)(H,29,31). The maximum atomic E-state index is 12.6. The molecule has 0 aliphatic rings. The molecule has 0 fully saturated rings. The number of carbonyl (C=O) groups is 1. The summed E-state index contributed by atoms with van der Waals surface area (Å²) in [6.45, 7) is 0. The molecule has 0 aliphatic carbocycles. The minimum absolute atomic E-state index is 0.0359. The summed E-state index contributed by atoms with van der Waals surface area (Å²) >= 11 is 0. The number of ether oxygens (including phenoxy) is 1. The number of nitrogens with zero attached hydrogens (tertiary/aromatic N) is 1. The van der Waals surface area contributed by atoms with E-state index < -0.39 is 5.56 Å². The van der Waals surface area contributed by atoms with Gasteiger partial charge in [-0.25, -0.2) is 0 Å². The first kappa shape index (κ1) is 20.6. The van der Waals surface area contributed by atoms with Crippen LogP contribution in [0.25, 0.3) is 22.4 Å². The molecule has 2 N–H and O–H groups in total. The van der Waals surface area contributed by atoms with Crippen LogP contribution in [-0.2, 0) is 0 Å². The smallest absolute Gasteiger partial charge is 0.266 e. The minimum Gasteiger partial charge on any atom is -0.497 e. The number of aromatic nitrogens is 1. The summed E-state index contributed by atoms with van der Waals surface area (Å²) in [5.41, 5.74) is 3.30. The number of carbonyl (C=O) groups excluding carboxylic acids is 1. The Labute approximate surface area is 184 Å². The average Bonchev–Trinajstić information content (AvgIpc) is 2.84. The summed E-state index contributed by atoms with van der Waals surface area (Å²) in [5, 5.41) is 12.4. The third-order valence-electron chi connectivity index (χ3n) is 5.02. The summed E-state index contributed by atoms with van der Waals surface area (Å²) in [7, 11) is 1.56. The van der Waals surface area contributed by atoms with Crippen molar-refractivity contribution in [1.82, 2.24) is 4.98 Å². The predicted molar refractivity (Wildman–Crippen MR) is 124 cm³/mol. The highest BCUT2D eigenvalue weighted by molar-refractivity contribution is 6.04. The fourth-order valence-electron chi connectivity index (χ4n) is 3.37. The van der Waals surface area contributed by atoms with Crippen LogP contribution in [0.15, 0.2) is 89.7 Å². The number of pyridine rings is 1. The summed E-state index contributed by atoms with van der Waals surface area (Å²) in [6, 6.07) is 27.0. The van der Waals surface area contributed by atoms with Gasteiger partial charge in [0.2, 0.25) is 0 Å². The fraction of sp³-hybridized carbons (Fsp3) is 0.0385. The first-order chi connectivity index (χ1) is 15.6. The number of aromatic amines is 1. The zero-order valence-electron chi connectivity index (χ0n) is 17.3. The Bertz CT molecular complexity index is 1370. The van der Waals surface area contributed by atoms with Crippen LogP contribution in [0.2, 0.25) is 0 Å². The predicted octanol–water partition coefficient (Wildman–Crippen LogP) is 4.84. The van der Waals surface area contributed by atoms with E-state index in [9.17, 15) is 14.9 Å². The lowest BCUT2D eigenvalue weighted by Crippen LogP contribution is -2.13. The van der Waals surface area contributed by atoms with E-state index in [1.165, 1.54) is 0 Å². The summed E-state index contributed by atoms with van der Waals surface area (Å²) < 4.78 is 5.27. The van der Waals surface area contributed by atoms with Gasteiger partial charge < -0.3 is 15.0 Å². The molecule has 1 aromatic heterocycles. The van der Waals surface area contributed by atoms with Gasteiger partial charge >= 0.3 is 0 Å². The molecule has 6 nitrogen and oxygen atoms in total. The van der Waals surface area contributed by atoms with Crippen LogP contribution in [0, 0.1) is 11.3 Å². The molecule has 4 rings (SSSR count). The highest BCUT2D eigenvalue weighted by Gasteiger charge is 2.13. The molecule has 0 spiro atoms. The Morgan fingerprint density at radius 2 is 1.69 bits per heavy atom. The molecule has 1 amide bonds. The average molecular weight is 421 g/mol. The molecule has 32 heavy (non-hydrogen) atoms. The quantitative estimate of drug-likeness (QED) is 0.482. The lowest BCUT2D eigenvalue weighted by atomic mass is 9.99. The molecule has 6 heteroatoms. The molecular weight excluding hydrogens is 402 g/mol. The largest absolute Gasteiger partial charge is 0.497 e. The van der Waals surface area contributed by atoms with Gasteiger partial charge in [-0.1, -0.05) is 42.5 Å². The Hall–Kier alpha value is -4.63. The van der Waals surface area contributed by atoms with Crippen molar-refractivity contribution in [3.8, 4) is 34.2 Å². The van der Waals surface area contributed by atoms with Crippen LogP contribution >= 0.6 is 0 Å². The fourth-order valence-corrected chi connectivity index (χ4v) is 3.37. The first-order valence-electron chi connectivity index (χ1n) is 9.87. The number of hydrogen-bond donors (Lipinski definition) is 2. The van der Waals surface area contributed by atoms with E-state index >= 15 is 0 Å². The summed E-state index contributed by atoms with van der Waals surface area (Å²) in [6.07, 6.45) is 0. The second-order valence-corrected chi connectivity index (χ2v) is 7.04. The highest BCUT2D eigenvalue weighted by atomic mass is 16.5. The van der Waals surface area contributed by atoms with E-state index in [4.69, 9.17) is 4.74 Å². The van der Waals surface area contributed by atoms with Crippen LogP contribution in [-0.4, -0.2) is 18.0 Å². The normalized spacial score (nSPS) is 10.2. The SMILES string of the molecule is COc1cccc(-c2cc(-c3ccc(NC(=O)c4ccccc4)cc3)[nH]c(=O)c2C#N)c1. The molecule has 3 aromatic carbocycles. The van der Waals surface area contributed by atoms with Crippen molar-refractivity contribution in [2.75, 3.05) is 12.4 Å². The van der Waals surface area contributed by atoms with E-state index in [1.54, 1.807) is 79.9 Å². The first-order valence-corrected chi connectivity index (χ1v) is 9.87. The molecule has 0 unspecified atom stereocenters. The summed E-state index contributed by atoms with van der Waals surface area (Å²) in [4.78, 5) is 27.7. The van der Waals surface area contributed by atoms with E-state index in [2.05, 4.69) is 10.3 Å². The number of nitrogens with one attached hydrogen (secondary N) is 2. The molecule has 156 valence electrons. The Balaban J connectivity index is 1.66. The molecule has 0 saturated carbocycles. The number of H-pyrrole nitrogens is 1. The summed E-state index contributed by atoms with van der Waals surface area (Å²) in [5.74, 6) is 0.428. The van der Waals surface area contributed by atoms with Crippen molar-refractivity contribution < 1.29 is 9.53 Å².